The molecule has 2 heteroatoms. The van der Waals surface area contributed by atoms with E-state index in [1.165, 1.54) is 25.8 Å². The predicted octanol–water partition coefficient (Wildman–Crippen LogP) is 1.49. The molecule has 2 atom stereocenters. The summed E-state index contributed by atoms with van der Waals surface area (Å²) in [5, 5.41) is 8.85. The van der Waals surface area contributed by atoms with Crippen LogP contribution in [-0.4, -0.2) is 35.7 Å². The fourth-order valence-electron chi connectivity index (χ4n) is 2.04. The largest absolute Gasteiger partial charge is 0.395 e. The highest BCUT2D eigenvalue weighted by Crippen LogP contribution is 2.23. The smallest absolute Gasteiger partial charge is 0.0558 e. The fourth-order valence-corrected chi connectivity index (χ4v) is 2.04. The lowest BCUT2D eigenvalue weighted by Crippen LogP contribution is -2.42. The van der Waals surface area contributed by atoms with Gasteiger partial charge in [-0.3, -0.25) is 4.90 Å². The van der Waals surface area contributed by atoms with Crippen molar-refractivity contribution in [3.05, 3.63) is 0 Å². The molecular weight excluding hydrogens is 150 g/mol. The van der Waals surface area contributed by atoms with Gasteiger partial charge < -0.3 is 5.11 Å². The first-order valence-corrected chi connectivity index (χ1v) is 5.12. The van der Waals surface area contributed by atoms with E-state index in [1.54, 1.807) is 0 Å². The molecule has 1 heterocycles. The van der Waals surface area contributed by atoms with Crippen molar-refractivity contribution < 1.29 is 5.11 Å². The van der Waals surface area contributed by atoms with Crippen molar-refractivity contribution in [2.45, 2.75) is 39.2 Å². The third-order valence-electron chi connectivity index (χ3n) is 3.07. The highest BCUT2D eigenvalue weighted by molar-refractivity contribution is 4.77. The first-order chi connectivity index (χ1) is 5.77. The van der Waals surface area contributed by atoms with E-state index in [4.69, 9.17) is 5.11 Å². The molecule has 1 N–H and O–H groups in total. The van der Waals surface area contributed by atoms with Crippen molar-refractivity contribution in [1.29, 1.82) is 0 Å². The number of piperidine rings is 1. The van der Waals surface area contributed by atoms with Gasteiger partial charge in [-0.15, -0.1) is 0 Å². The van der Waals surface area contributed by atoms with Crippen LogP contribution in [0.5, 0.6) is 0 Å². The van der Waals surface area contributed by atoms with Crippen molar-refractivity contribution in [1.82, 2.24) is 4.90 Å². The van der Waals surface area contributed by atoms with E-state index in [1.807, 2.05) is 0 Å². The van der Waals surface area contributed by atoms with Crippen molar-refractivity contribution in [2.75, 3.05) is 19.7 Å². The predicted molar refractivity (Wildman–Crippen MR) is 51.1 cm³/mol. The molecule has 1 rings (SSSR count). The van der Waals surface area contributed by atoms with Crippen LogP contribution >= 0.6 is 0 Å². The summed E-state index contributed by atoms with van der Waals surface area (Å²) < 4.78 is 0. The number of aliphatic hydroxyl groups is 1. The first kappa shape index (κ1) is 10.0. The van der Waals surface area contributed by atoms with Gasteiger partial charge in [-0.2, -0.15) is 0 Å². The molecule has 0 bridgehead atoms. The van der Waals surface area contributed by atoms with Crippen molar-refractivity contribution in [3.8, 4) is 0 Å². The van der Waals surface area contributed by atoms with Crippen molar-refractivity contribution in [3.63, 3.8) is 0 Å². The molecule has 0 spiro atoms. The third kappa shape index (κ3) is 2.46. The minimum atomic E-state index is 0.306. The van der Waals surface area contributed by atoms with Gasteiger partial charge in [-0.05, 0) is 25.7 Å². The number of hydrogen-bond donors (Lipinski definition) is 1. The average Bonchev–Trinajstić information content (AvgIpc) is 2.09. The normalized spacial score (nSPS) is 32.2. The van der Waals surface area contributed by atoms with Gasteiger partial charge in [-0.1, -0.05) is 13.3 Å². The van der Waals surface area contributed by atoms with Crippen LogP contribution in [0.3, 0.4) is 0 Å². The van der Waals surface area contributed by atoms with Crippen LogP contribution < -0.4 is 0 Å². The molecule has 72 valence electrons. The highest BCUT2D eigenvalue weighted by Gasteiger charge is 2.23. The lowest BCUT2D eigenvalue weighted by atomic mass is 9.92. The topological polar surface area (TPSA) is 23.5 Å². The molecule has 0 unspecified atom stereocenters. The number of aliphatic hydroxyl groups excluding tert-OH is 1. The highest BCUT2D eigenvalue weighted by atomic mass is 16.3. The van der Waals surface area contributed by atoms with Crippen LogP contribution in [0, 0.1) is 5.92 Å². The van der Waals surface area contributed by atoms with Gasteiger partial charge in [0, 0.05) is 19.1 Å². The zero-order chi connectivity index (χ0) is 8.97. The molecule has 2 nitrogen and oxygen atoms in total. The maximum atomic E-state index is 8.85. The zero-order valence-corrected chi connectivity index (χ0v) is 8.29. The van der Waals surface area contributed by atoms with Gasteiger partial charge in [-0.25, -0.2) is 0 Å². The van der Waals surface area contributed by atoms with E-state index in [0.29, 0.717) is 12.6 Å². The van der Waals surface area contributed by atoms with E-state index in [9.17, 15) is 0 Å². The van der Waals surface area contributed by atoms with Crippen LogP contribution in [0.25, 0.3) is 0 Å². The second kappa shape index (κ2) is 4.83. The lowest BCUT2D eigenvalue weighted by Gasteiger charge is -2.37. The average molecular weight is 171 g/mol. The number of likely N-dealkylation sites (tertiary alicyclic amines) is 1. The summed E-state index contributed by atoms with van der Waals surface area (Å²) >= 11 is 0. The lowest BCUT2D eigenvalue weighted by molar-refractivity contribution is 0.0928. The molecule has 0 aromatic rings. The Kier molecular flexibility index (Phi) is 4.02. The molecule has 1 aliphatic rings. The number of hydrogen-bond acceptors (Lipinski definition) is 2. The number of rotatable bonds is 3. The molecule has 1 aliphatic heterocycles. The summed E-state index contributed by atoms with van der Waals surface area (Å²) in [5.41, 5.74) is 0. The fraction of sp³-hybridized carbons (Fsp3) is 1.00. The Hall–Kier alpha value is -0.0800. The van der Waals surface area contributed by atoms with E-state index >= 15 is 0 Å². The second-order valence-electron chi connectivity index (χ2n) is 3.92. The maximum absolute atomic E-state index is 8.85. The minimum absolute atomic E-state index is 0.306. The summed E-state index contributed by atoms with van der Waals surface area (Å²) in [4.78, 5) is 2.41. The monoisotopic (exact) mass is 171 g/mol. The molecule has 0 aromatic carbocycles. The Morgan fingerprint density at radius 3 is 2.75 bits per heavy atom. The van der Waals surface area contributed by atoms with Gasteiger partial charge in [0.2, 0.25) is 0 Å². The van der Waals surface area contributed by atoms with Gasteiger partial charge in [0.25, 0.3) is 0 Å². The summed E-state index contributed by atoms with van der Waals surface area (Å²) in [6.45, 7) is 6.88. The second-order valence-corrected chi connectivity index (χ2v) is 3.92. The van der Waals surface area contributed by atoms with Crippen LogP contribution in [0.2, 0.25) is 0 Å². The molecule has 1 fully saturated rings. The molecule has 0 aliphatic carbocycles. The summed E-state index contributed by atoms with van der Waals surface area (Å²) in [6, 6.07) is 0.681. The van der Waals surface area contributed by atoms with Crippen molar-refractivity contribution in [2.24, 2.45) is 5.92 Å². The van der Waals surface area contributed by atoms with E-state index < -0.39 is 0 Å². The summed E-state index contributed by atoms with van der Waals surface area (Å²) in [7, 11) is 0. The van der Waals surface area contributed by atoms with Gasteiger partial charge >= 0.3 is 0 Å². The summed E-state index contributed by atoms with van der Waals surface area (Å²) in [6.07, 6.45) is 3.97. The molecule has 0 radical (unpaired) electrons. The van der Waals surface area contributed by atoms with Crippen LogP contribution in [-0.2, 0) is 0 Å². The standard InChI is InChI=1S/C10H21NO/c1-3-10-5-4-9(2)11(8-10)6-7-12/h9-10,12H,3-8H2,1-2H3/t9-,10+/m0/s1. The Balaban J connectivity index is 2.36. The zero-order valence-electron chi connectivity index (χ0n) is 8.29. The Bertz CT molecular complexity index is 127. The molecule has 0 saturated carbocycles. The molecule has 12 heavy (non-hydrogen) atoms. The van der Waals surface area contributed by atoms with Crippen LogP contribution in [0.15, 0.2) is 0 Å². The van der Waals surface area contributed by atoms with E-state index in [-0.39, 0.29) is 0 Å². The van der Waals surface area contributed by atoms with Crippen LogP contribution in [0.4, 0.5) is 0 Å². The van der Waals surface area contributed by atoms with Gasteiger partial charge in [0.1, 0.15) is 0 Å². The quantitative estimate of drug-likeness (QED) is 0.695. The maximum Gasteiger partial charge on any atom is 0.0558 e. The molecule has 0 aromatic heterocycles. The Morgan fingerprint density at radius 1 is 1.42 bits per heavy atom. The number of β-amino-alcohol motifs (C(OH)–C–C–N with tert-alkyl or cyclic N) is 1. The van der Waals surface area contributed by atoms with Crippen LogP contribution in [0.1, 0.15) is 33.1 Å². The van der Waals surface area contributed by atoms with Gasteiger partial charge in [0.15, 0.2) is 0 Å². The molecule has 0 amide bonds. The Labute approximate surface area is 75.6 Å². The molecule has 1 saturated heterocycles. The molecular formula is C10H21NO. The van der Waals surface area contributed by atoms with E-state index in [2.05, 4.69) is 18.7 Å². The van der Waals surface area contributed by atoms with E-state index in [0.717, 1.165) is 12.5 Å². The Morgan fingerprint density at radius 2 is 2.17 bits per heavy atom. The SMILES string of the molecule is CC[C@@H]1CC[C@H](C)N(CCO)C1. The number of nitrogens with zero attached hydrogens (tertiary/aromatic N) is 1. The minimum Gasteiger partial charge on any atom is -0.395 e. The van der Waals surface area contributed by atoms with Gasteiger partial charge in [0.05, 0.1) is 6.61 Å². The third-order valence-corrected chi connectivity index (χ3v) is 3.07. The first-order valence-electron chi connectivity index (χ1n) is 5.12. The van der Waals surface area contributed by atoms with Crippen molar-refractivity contribution >= 4 is 0 Å². The summed E-state index contributed by atoms with van der Waals surface area (Å²) in [5.74, 6) is 0.868.